The van der Waals surface area contributed by atoms with Gasteiger partial charge in [-0.25, -0.2) is 14.2 Å². The standard InChI is InChI=1S/C34H33FN4O6/c1-4-20(14-40)23-11-29-32-24(13-39(29)33(42)25(23)16-44-3)31-27(10-9-22-18(2)26(35)12-28(37-32)30(22)31)38-34(43)45-15-19-5-7-21(8-6-19)36-17-41/h5-8,11-12,14,17,20,27H,4,9-10,13,15-16H2,1-3H3,(H,36,41)(H,38,43)/t20-,27-/m0/s1. The van der Waals surface area contributed by atoms with Gasteiger partial charge < -0.3 is 29.5 Å². The molecule has 232 valence electrons. The molecular formula is C34H33FN4O6. The number of halogens is 1. The maximum atomic E-state index is 15.1. The van der Waals surface area contributed by atoms with Crippen LogP contribution in [0.25, 0.3) is 22.3 Å². The predicted octanol–water partition coefficient (Wildman–Crippen LogP) is 5.19. The van der Waals surface area contributed by atoms with Gasteiger partial charge in [-0.2, -0.15) is 0 Å². The van der Waals surface area contributed by atoms with E-state index in [0.717, 1.165) is 33.9 Å². The number of ether oxygens (including phenoxy) is 2. The minimum atomic E-state index is -0.620. The summed E-state index contributed by atoms with van der Waals surface area (Å²) >= 11 is 0. The maximum Gasteiger partial charge on any atom is 0.407 e. The lowest BCUT2D eigenvalue weighted by atomic mass is 9.82. The number of amides is 2. The Kier molecular flexibility index (Phi) is 8.20. The normalized spacial score (nSPS) is 15.2. The molecule has 2 N–H and O–H groups in total. The number of fused-ring (bicyclic) bond motifs is 4. The van der Waals surface area contributed by atoms with E-state index in [1.54, 1.807) is 35.8 Å². The van der Waals surface area contributed by atoms with Crippen LogP contribution < -0.4 is 16.2 Å². The number of benzene rings is 2. The molecule has 3 heterocycles. The van der Waals surface area contributed by atoms with Crippen LogP contribution in [0.15, 0.2) is 41.2 Å². The zero-order chi connectivity index (χ0) is 31.8. The highest BCUT2D eigenvalue weighted by atomic mass is 19.1. The van der Waals surface area contributed by atoms with Crippen molar-refractivity contribution in [3.8, 4) is 11.4 Å². The molecule has 11 heteroatoms. The number of aryl methyl sites for hydroxylation is 1. The van der Waals surface area contributed by atoms with E-state index in [-0.39, 0.29) is 31.1 Å². The monoisotopic (exact) mass is 612 g/mol. The van der Waals surface area contributed by atoms with Gasteiger partial charge in [0, 0.05) is 41.3 Å². The number of hydrogen-bond acceptors (Lipinski definition) is 7. The lowest BCUT2D eigenvalue weighted by Gasteiger charge is -2.29. The number of aldehydes is 1. The third-order valence-corrected chi connectivity index (χ3v) is 8.90. The Morgan fingerprint density at radius 1 is 1.18 bits per heavy atom. The van der Waals surface area contributed by atoms with Crippen LogP contribution in [0.3, 0.4) is 0 Å². The summed E-state index contributed by atoms with van der Waals surface area (Å²) in [5.41, 5.74) is 6.57. The van der Waals surface area contributed by atoms with Gasteiger partial charge in [-0.05, 0) is 72.2 Å². The Morgan fingerprint density at radius 3 is 2.64 bits per heavy atom. The highest BCUT2D eigenvalue weighted by Gasteiger charge is 2.35. The minimum Gasteiger partial charge on any atom is -0.445 e. The van der Waals surface area contributed by atoms with E-state index >= 15 is 4.39 Å². The summed E-state index contributed by atoms with van der Waals surface area (Å²) in [5.74, 6) is -0.862. The summed E-state index contributed by atoms with van der Waals surface area (Å²) in [6.07, 6.45) is 2.34. The van der Waals surface area contributed by atoms with Gasteiger partial charge in [0.15, 0.2) is 0 Å². The number of hydrogen-bond donors (Lipinski definition) is 2. The number of nitrogens with one attached hydrogen (secondary N) is 2. The fourth-order valence-electron chi connectivity index (χ4n) is 6.62. The quantitative estimate of drug-likeness (QED) is 0.208. The Hall–Kier alpha value is -4.90. The van der Waals surface area contributed by atoms with Gasteiger partial charge in [0.2, 0.25) is 6.41 Å². The van der Waals surface area contributed by atoms with Gasteiger partial charge in [-0.15, -0.1) is 0 Å². The first-order chi connectivity index (χ1) is 21.8. The average molecular weight is 613 g/mol. The van der Waals surface area contributed by atoms with Crippen molar-refractivity contribution < 1.29 is 28.2 Å². The zero-order valence-electron chi connectivity index (χ0n) is 25.2. The summed E-state index contributed by atoms with van der Waals surface area (Å²) in [4.78, 5) is 54.5. The molecule has 1 aliphatic heterocycles. The molecule has 2 aromatic carbocycles. The minimum absolute atomic E-state index is 0.0197. The molecule has 2 aromatic heterocycles. The van der Waals surface area contributed by atoms with Crippen molar-refractivity contribution >= 4 is 35.4 Å². The predicted molar refractivity (Wildman–Crippen MR) is 166 cm³/mol. The summed E-state index contributed by atoms with van der Waals surface area (Å²) in [5, 5.41) is 6.35. The number of alkyl carbamates (subject to hydrolysis) is 1. The Balaban J connectivity index is 1.42. The number of anilines is 1. The molecule has 45 heavy (non-hydrogen) atoms. The highest BCUT2D eigenvalue weighted by Crippen LogP contribution is 2.45. The van der Waals surface area contributed by atoms with E-state index < -0.39 is 18.1 Å². The Morgan fingerprint density at radius 2 is 1.96 bits per heavy atom. The molecule has 0 saturated carbocycles. The summed E-state index contributed by atoms with van der Waals surface area (Å²) in [7, 11) is 1.50. The number of aromatic nitrogens is 2. The molecule has 2 amide bonds. The SMILES string of the molecule is CC[C@@H](C=O)c1cc2n(c(=O)c1COC)Cc1c-2nc2cc(F)c(C)c3c2c1[C@@H](NC(=O)OCc1ccc(NC=O)cc1)CC3. The molecule has 0 fully saturated rings. The van der Waals surface area contributed by atoms with Gasteiger partial charge in [0.1, 0.15) is 18.7 Å². The summed E-state index contributed by atoms with van der Waals surface area (Å²) in [6.45, 7) is 3.91. The van der Waals surface area contributed by atoms with Crippen molar-refractivity contribution in [2.75, 3.05) is 12.4 Å². The first-order valence-electron chi connectivity index (χ1n) is 14.9. The molecule has 4 aromatic rings. The number of nitrogens with zero attached hydrogens (tertiary/aromatic N) is 2. The van der Waals surface area contributed by atoms with Crippen molar-refractivity contribution in [1.29, 1.82) is 0 Å². The van der Waals surface area contributed by atoms with Gasteiger partial charge in [-0.1, -0.05) is 19.1 Å². The number of rotatable bonds is 10. The van der Waals surface area contributed by atoms with Crippen LogP contribution in [0, 0.1) is 12.7 Å². The molecule has 10 nitrogen and oxygen atoms in total. The fourth-order valence-corrected chi connectivity index (χ4v) is 6.62. The molecule has 0 unspecified atom stereocenters. The summed E-state index contributed by atoms with van der Waals surface area (Å²) in [6, 6.07) is 9.68. The zero-order valence-corrected chi connectivity index (χ0v) is 25.2. The molecular weight excluding hydrogens is 579 g/mol. The first kappa shape index (κ1) is 30.1. The molecule has 1 aliphatic carbocycles. The molecule has 6 rings (SSSR count). The van der Waals surface area contributed by atoms with Gasteiger partial charge in [-0.3, -0.25) is 9.59 Å². The third-order valence-electron chi connectivity index (χ3n) is 8.90. The smallest absolute Gasteiger partial charge is 0.407 e. The van der Waals surface area contributed by atoms with Crippen molar-refractivity contribution in [3.05, 3.63) is 91.5 Å². The van der Waals surface area contributed by atoms with E-state index in [9.17, 15) is 19.2 Å². The second-order valence-electron chi connectivity index (χ2n) is 11.4. The van der Waals surface area contributed by atoms with Crippen LogP contribution in [0.2, 0.25) is 0 Å². The number of carbonyl (C=O) groups is 3. The average Bonchev–Trinajstić information content (AvgIpc) is 3.41. The van der Waals surface area contributed by atoms with Gasteiger partial charge >= 0.3 is 6.09 Å². The molecule has 0 radical (unpaired) electrons. The Bertz CT molecular complexity index is 1900. The van der Waals surface area contributed by atoms with E-state index in [2.05, 4.69) is 10.6 Å². The second-order valence-corrected chi connectivity index (χ2v) is 11.4. The lowest BCUT2D eigenvalue weighted by Crippen LogP contribution is -2.32. The van der Waals surface area contributed by atoms with E-state index in [0.29, 0.717) is 65.0 Å². The molecule has 0 bridgehead atoms. The van der Waals surface area contributed by atoms with E-state index in [1.165, 1.54) is 13.2 Å². The van der Waals surface area contributed by atoms with Crippen LogP contribution in [0.4, 0.5) is 14.9 Å². The Labute approximate surface area is 258 Å². The first-order valence-corrected chi connectivity index (χ1v) is 14.9. The highest BCUT2D eigenvalue weighted by molar-refractivity contribution is 5.93. The van der Waals surface area contributed by atoms with Crippen molar-refractivity contribution in [2.45, 2.75) is 64.8 Å². The molecule has 2 aliphatic rings. The van der Waals surface area contributed by atoms with Crippen molar-refractivity contribution in [1.82, 2.24) is 14.9 Å². The number of carbonyl (C=O) groups excluding carboxylic acids is 3. The van der Waals surface area contributed by atoms with Crippen molar-refractivity contribution in [2.24, 2.45) is 0 Å². The maximum absolute atomic E-state index is 15.1. The van der Waals surface area contributed by atoms with Crippen LogP contribution in [0.1, 0.15) is 70.7 Å². The van der Waals surface area contributed by atoms with Crippen LogP contribution in [-0.2, 0) is 45.2 Å². The fraction of sp³-hybridized carbons (Fsp3) is 0.324. The van der Waals surface area contributed by atoms with Crippen LogP contribution in [0.5, 0.6) is 0 Å². The number of methoxy groups -OCH3 is 1. The van der Waals surface area contributed by atoms with Gasteiger partial charge in [0.05, 0.1) is 36.1 Å². The second kappa shape index (κ2) is 12.2. The van der Waals surface area contributed by atoms with Crippen LogP contribution in [-0.4, -0.2) is 35.5 Å². The lowest BCUT2D eigenvalue weighted by molar-refractivity contribution is -0.109. The number of pyridine rings is 2. The van der Waals surface area contributed by atoms with E-state index in [4.69, 9.17) is 14.5 Å². The summed E-state index contributed by atoms with van der Waals surface area (Å²) < 4.78 is 27.7. The van der Waals surface area contributed by atoms with Crippen molar-refractivity contribution in [3.63, 3.8) is 0 Å². The van der Waals surface area contributed by atoms with Gasteiger partial charge in [0.25, 0.3) is 5.56 Å². The van der Waals surface area contributed by atoms with E-state index in [1.807, 2.05) is 13.0 Å². The molecule has 2 atom stereocenters. The molecule has 0 saturated heterocycles. The largest absolute Gasteiger partial charge is 0.445 e. The van der Waals surface area contributed by atoms with Crippen LogP contribution >= 0.6 is 0 Å². The molecule has 0 spiro atoms. The third kappa shape index (κ3) is 5.27. The topological polar surface area (TPSA) is 129 Å².